The minimum absolute atomic E-state index is 0.0822. The molecule has 4 nitrogen and oxygen atoms in total. The molecule has 0 unspecified atom stereocenters. The Labute approximate surface area is 92.7 Å². The molecule has 0 aliphatic heterocycles. The highest BCUT2D eigenvalue weighted by Crippen LogP contribution is 2.29. The molecule has 4 heteroatoms. The van der Waals surface area contributed by atoms with Crippen molar-refractivity contribution in [2.75, 3.05) is 0 Å². The Kier molecular flexibility index (Phi) is 2.56. The van der Waals surface area contributed by atoms with Gasteiger partial charge in [-0.25, -0.2) is 0 Å². The molecule has 84 valence electrons. The summed E-state index contributed by atoms with van der Waals surface area (Å²) >= 11 is 0. The van der Waals surface area contributed by atoms with Crippen LogP contribution >= 0.6 is 0 Å². The Morgan fingerprint density at radius 3 is 2.88 bits per heavy atom. The first-order chi connectivity index (χ1) is 7.59. The molecule has 0 radical (unpaired) electrons. The molecule has 2 N–H and O–H groups in total. The first kappa shape index (κ1) is 10.5. The Morgan fingerprint density at radius 1 is 1.44 bits per heavy atom. The molecule has 0 fully saturated rings. The van der Waals surface area contributed by atoms with Gasteiger partial charge < -0.3 is 14.8 Å². The average Bonchev–Trinajstić information content (AvgIpc) is 2.54. The van der Waals surface area contributed by atoms with Crippen LogP contribution in [0.1, 0.15) is 12.0 Å². The van der Waals surface area contributed by atoms with Gasteiger partial charge in [-0.2, -0.15) is 0 Å². The number of carboxylic acids is 1. The van der Waals surface area contributed by atoms with E-state index >= 15 is 0 Å². The van der Waals surface area contributed by atoms with E-state index in [2.05, 4.69) is 0 Å². The maximum Gasteiger partial charge on any atom is 0.305 e. The molecule has 0 atom stereocenters. The van der Waals surface area contributed by atoms with Crippen LogP contribution in [-0.2, 0) is 11.3 Å². The number of phenols is 1. The number of carbonyl (C=O) groups is 1. The highest BCUT2D eigenvalue weighted by molar-refractivity contribution is 5.89. The Bertz CT molecular complexity index is 542. The van der Waals surface area contributed by atoms with Crippen molar-refractivity contribution in [2.24, 2.45) is 0 Å². The van der Waals surface area contributed by atoms with Crippen LogP contribution in [0.15, 0.2) is 24.4 Å². The molecule has 2 rings (SSSR count). The molecular formula is C12H13NO3. The lowest BCUT2D eigenvalue weighted by molar-refractivity contribution is -0.137. The van der Waals surface area contributed by atoms with Crippen molar-refractivity contribution in [1.29, 1.82) is 0 Å². The van der Waals surface area contributed by atoms with Gasteiger partial charge in [-0.1, -0.05) is 6.07 Å². The van der Waals surface area contributed by atoms with E-state index in [1.807, 2.05) is 23.8 Å². The number of nitrogens with zero attached hydrogens (tertiary/aromatic N) is 1. The van der Waals surface area contributed by atoms with Crippen LogP contribution in [-0.4, -0.2) is 20.7 Å². The normalized spacial score (nSPS) is 10.8. The number of aromatic nitrogens is 1. The zero-order valence-corrected chi connectivity index (χ0v) is 8.97. The molecule has 0 bridgehead atoms. The maximum absolute atomic E-state index is 10.5. The molecule has 0 aliphatic rings. The highest BCUT2D eigenvalue weighted by atomic mass is 16.4. The summed E-state index contributed by atoms with van der Waals surface area (Å²) in [5.41, 5.74) is 1.83. The lowest BCUT2D eigenvalue weighted by Gasteiger charge is -2.02. The fourth-order valence-corrected chi connectivity index (χ4v) is 1.94. The van der Waals surface area contributed by atoms with Crippen molar-refractivity contribution < 1.29 is 15.0 Å². The number of benzene rings is 1. The van der Waals surface area contributed by atoms with Gasteiger partial charge in [0.1, 0.15) is 5.75 Å². The predicted molar refractivity (Wildman–Crippen MR) is 60.6 cm³/mol. The number of fused-ring (bicyclic) bond motifs is 1. The number of rotatable bonds is 3. The van der Waals surface area contributed by atoms with Gasteiger partial charge in [-0.3, -0.25) is 4.79 Å². The van der Waals surface area contributed by atoms with Crippen LogP contribution < -0.4 is 0 Å². The molecule has 0 saturated heterocycles. The molecular weight excluding hydrogens is 206 g/mol. The number of carboxylic acid groups (broad SMARTS) is 1. The standard InChI is InChI=1S/C12H13NO3/c1-8-7-13(6-5-11(15)16)9-3-2-4-10(14)12(8)9/h2-4,7,14H,5-6H2,1H3,(H,15,16). The second-order valence-electron chi connectivity index (χ2n) is 3.82. The number of aromatic hydroxyl groups is 1. The number of hydrogen-bond acceptors (Lipinski definition) is 2. The van der Waals surface area contributed by atoms with Crippen LogP contribution in [0.25, 0.3) is 10.9 Å². The van der Waals surface area contributed by atoms with Crippen LogP contribution in [0.3, 0.4) is 0 Å². The Morgan fingerprint density at radius 2 is 2.19 bits per heavy atom. The quantitative estimate of drug-likeness (QED) is 0.831. The van der Waals surface area contributed by atoms with Gasteiger partial charge in [-0.15, -0.1) is 0 Å². The topological polar surface area (TPSA) is 62.5 Å². The third-order valence-corrected chi connectivity index (χ3v) is 2.64. The summed E-state index contributed by atoms with van der Waals surface area (Å²) in [7, 11) is 0. The zero-order valence-electron chi connectivity index (χ0n) is 8.97. The van der Waals surface area contributed by atoms with E-state index in [-0.39, 0.29) is 12.2 Å². The van der Waals surface area contributed by atoms with E-state index in [0.717, 1.165) is 16.5 Å². The fourth-order valence-electron chi connectivity index (χ4n) is 1.94. The lowest BCUT2D eigenvalue weighted by Crippen LogP contribution is -2.03. The van der Waals surface area contributed by atoms with Crippen molar-refractivity contribution in [1.82, 2.24) is 4.57 Å². The van der Waals surface area contributed by atoms with Gasteiger partial charge in [0.15, 0.2) is 0 Å². The molecule has 1 aromatic carbocycles. The molecule has 1 aromatic heterocycles. The van der Waals surface area contributed by atoms with Crippen molar-refractivity contribution in [3.63, 3.8) is 0 Å². The summed E-state index contributed by atoms with van der Waals surface area (Å²) < 4.78 is 1.86. The Hall–Kier alpha value is -1.97. The largest absolute Gasteiger partial charge is 0.507 e. The van der Waals surface area contributed by atoms with Gasteiger partial charge in [0.05, 0.1) is 11.9 Å². The third-order valence-electron chi connectivity index (χ3n) is 2.64. The second-order valence-corrected chi connectivity index (χ2v) is 3.82. The first-order valence-electron chi connectivity index (χ1n) is 5.09. The maximum atomic E-state index is 10.5. The summed E-state index contributed by atoms with van der Waals surface area (Å²) in [6.45, 7) is 2.32. The van der Waals surface area contributed by atoms with Crippen LogP contribution in [0.4, 0.5) is 0 Å². The van der Waals surface area contributed by atoms with E-state index in [1.54, 1.807) is 12.1 Å². The van der Waals surface area contributed by atoms with Crippen molar-refractivity contribution in [2.45, 2.75) is 19.9 Å². The number of aryl methyl sites for hydroxylation is 2. The second kappa shape index (κ2) is 3.89. The van der Waals surface area contributed by atoms with E-state index in [1.165, 1.54) is 0 Å². The smallest absolute Gasteiger partial charge is 0.305 e. The van der Waals surface area contributed by atoms with Crippen molar-refractivity contribution in [3.8, 4) is 5.75 Å². The lowest BCUT2D eigenvalue weighted by atomic mass is 10.2. The molecule has 16 heavy (non-hydrogen) atoms. The summed E-state index contributed by atoms with van der Waals surface area (Å²) in [4.78, 5) is 10.5. The number of hydrogen-bond donors (Lipinski definition) is 2. The number of phenolic OH excluding ortho intramolecular Hbond substituents is 1. The predicted octanol–water partition coefficient (Wildman–Crippen LogP) is 2.13. The summed E-state index contributed by atoms with van der Waals surface area (Å²) in [5, 5.41) is 19.2. The summed E-state index contributed by atoms with van der Waals surface area (Å²) in [6.07, 6.45) is 1.95. The minimum atomic E-state index is -0.820. The minimum Gasteiger partial charge on any atom is -0.507 e. The van der Waals surface area contributed by atoms with Crippen LogP contribution in [0.2, 0.25) is 0 Å². The fraction of sp³-hybridized carbons (Fsp3) is 0.250. The van der Waals surface area contributed by atoms with Gasteiger partial charge in [-0.05, 0) is 24.6 Å². The van der Waals surface area contributed by atoms with Crippen LogP contribution in [0, 0.1) is 6.92 Å². The molecule has 0 amide bonds. The van der Waals surface area contributed by atoms with Gasteiger partial charge >= 0.3 is 5.97 Å². The van der Waals surface area contributed by atoms with E-state index < -0.39 is 5.97 Å². The molecule has 0 saturated carbocycles. The first-order valence-corrected chi connectivity index (χ1v) is 5.09. The van der Waals surface area contributed by atoms with Crippen molar-refractivity contribution >= 4 is 16.9 Å². The highest BCUT2D eigenvalue weighted by Gasteiger charge is 2.09. The summed E-state index contributed by atoms with van der Waals surface area (Å²) in [5.74, 6) is -0.580. The van der Waals surface area contributed by atoms with Gasteiger partial charge in [0.25, 0.3) is 0 Å². The monoisotopic (exact) mass is 219 g/mol. The SMILES string of the molecule is Cc1cn(CCC(=O)O)c2cccc(O)c12. The summed E-state index contributed by atoms with van der Waals surface area (Å²) in [6, 6.07) is 5.27. The molecule has 0 aliphatic carbocycles. The third kappa shape index (κ3) is 1.74. The molecule has 2 aromatic rings. The van der Waals surface area contributed by atoms with E-state index in [0.29, 0.717) is 6.54 Å². The molecule has 0 spiro atoms. The zero-order chi connectivity index (χ0) is 11.7. The van der Waals surface area contributed by atoms with Gasteiger partial charge in [0.2, 0.25) is 0 Å². The van der Waals surface area contributed by atoms with Crippen molar-refractivity contribution in [3.05, 3.63) is 30.0 Å². The van der Waals surface area contributed by atoms with Gasteiger partial charge in [0, 0.05) is 18.1 Å². The van der Waals surface area contributed by atoms with Crippen LogP contribution in [0.5, 0.6) is 5.75 Å². The average molecular weight is 219 g/mol. The van der Waals surface area contributed by atoms with E-state index in [4.69, 9.17) is 5.11 Å². The molecule has 1 heterocycles. The van der Waals surface area contributed by atoms with E-state index in [9.17, 15) is 9.90 Å². The number of aliphatic carboxylic acids is 1. The Balaban J connectivity index is 2.47.